The SMILES string of the molecule is CC.Cc1ccc2c(c1)NNC2. The number of nitrogens with one attached hydrogen (secondary N) is 2. The fourth-order valence-electron chi connectivity index (χ4n) is 1.20. The van der Waals surface area contributed by atoms with Crippen molar-refractivity contribution in [1.82, 2.24) is 5.43 Å². The zero-order chi connectivity index (χ0) is 8.97. The molecule has 0 saturated carbocycles. The molecule has 1 aliphatic rings. The third kappa shape index (κ3) is 1.77. The van der Waals surface area contributed by atoms with Crippen molar-refractivity contribution < 1.29 is 0 Å². The molecule has 2 rings (SSSR count). The molecular formula is C10H16N2. The Labute approximate surface area is 74.0 Å². The minimum atomic E-state index is 0.940. The van der Waals surface area contributed by atoms with E-state index in [-0.39, 0.29) is 0 Å². The molecule has 0 aliphatic carbocycles. The van der Waals surface area contributed by atoms with Gasteiger partial charge in [0.15, 0.2) is 0 Å². The molecule has 0 radical (unpaired) electrons. The monoisotopic (exact) mass is 164 g/mol. The first-order valence-corrected chi connectivity index (χ1v) is 4.45. The van der Waals surface area contributed by atoms with E-state index >= 15 is 0 Å². The summed E-state index contributed by atoms with van der Waals surface area (Å²) in [7, 11) is 0. The fraction of sp³-hybridized carbons (Fsp3) is 0.400. The Morgan fingerprint density at radius 3 is 2.75 bits per heavy atom. The van der Waals surface area contributed by atoms with Crippen LogP contribution in [0.4, 0.5) is 5.69 Å². The van der Waals surface area contributed by atoms with Crippen LogP contribution in [0.1, 0.15) is 25.0 Å². The normalized spacial score (nSPS) is 12.6. The van der Waals surface area contributed by atoms with E-state index in [0.717, 1.165) is 6.54 Å². The molecule has 2 heteroatoms. The van der Waals surface area contributed by atoms with Crippen LogP contribution >= 0.6 is 0 Å². The van der Waals surface area contributed by atoms with Crippen LogP contribution in [0.15, 0.2) is 18.2 Å². The first kappa shape index (κ1) is 9.07. The van der Waals surface area contributed by atoms with Gasteiger partial charge in [-0.1, -0.05) is 26.0 Å². The van der Waals surface area contributed by atoms with Gasteiger partial charge in [0.1, 0.15) is 0 Å². The Morgan fingerprint density at radius 2 is 2.00 bits per heavy atom. The van der Waals surface area contributed by atoms with E-state index in [1.807, 2.05) is 13.8 Å². The highest BCUT2D eigenvalue weighted by atomic mass is 15.4. The number of hydrazine groups is 1. The van der Waals surface area contributed by atoms with Crippen LogP contribution in [0, 0.1) is 6.92 Å². The molecule has 0 amide bonds. The van der Waals surface area contributed by atoms with Gasteiger partial charge in [0.2, 0.25) is 0 Å². The second kappa shape index (κ2) is 4.12. The summed E-state index contributed by atoms with van der Waals surface area (Å²) in [6, 6.07) is 6.43. The molecule has 1 aromatic carbocycles. The molecule has 1 aliphatic heterocycles. The fourth-order valence-corrected chi connectivity index (χ4v) is 1.20. The van der Waals surface area contributed by atoms with Crippen molar-refractivity contribution >= 4 is 5.69 Å². The van der Waals surface area contributed by atoms with E-state index in [1.165, 1.54) is 16.8 Å². The summed E-state index contributed by atoms with van der Waals surface area (Å²) in [6.45, 7) is 7.04. The van der Waals surface area contributed by atoms with Crippen molar-refractivity contribution in [2.24, 2.45) is 0 Å². The summed E-state index contributed by atoms with van der Waals surface area (Å²) in [5.41, 5.74) is 10.0. The van der Waals surface area contributed by atoms with Gasteiger partial charge >= 0.3 is 0 Å². The Balaban J connectivity index is 0.000000336. The predicted molar refractivity (Wildman–Crippen MR) is 53.0 cm³/mol. The van der Waals surface area contributed by atoms with Gasteiger partial charge in [0.25, 0.3) is 0 Å². The lowest BCUT2D eigenvalue weighted by atomic mass is 10.1. The summed E-state index contributed by atoms with van der Waals surface area (Å²) in [4.78, 5) is 0. The van der Waals surface area contributed by atoms with E-state index in [1.54, 1.807) is 0 Å². The molecule has 0 saturated heterocycles. The van der Waals surface area contributed by atoms with Gasteiger partial charge in [-0.2, -0.15) is 0 Å². The van der Waals surface area contributed by atoms with Gasteiger partial charge in [-0.25, -0.2) is 5.43 Å². The van der Waals surface area contributed by atoms with Gasteiger partial charge in [-0.05, 0) is 24.1 Å². The van der Waals surface area contributed by atoms with Crippen LogP contribution in [-0.4, -0.2) is 0 Å². The van der Waals surface area contributed by atoms with Crippen molar-refractivity contribution in [3.63, 3.8) is 0 Å². The van der Waals surface area contributed by atoms with Crippen LogP contribution in [-0.2, 0) is 6.54 Å². The lowest BCUT2D eigenvalue weighted by Crippen LogP contribution is -2.10. The summed E-state index contributed by atoms with van der Waals surface area (Å²) < 4.78 is 0. The predicted octanol–water partition coefficient (Wildman–Crippen LogP) is 2.45. The van der Waals surface area contributed by atoms with E-state index in [4.69, 9.17) is 0 Å². The molecule has 0 spiro atoms. The molecule has 0 aromatic heterocycles. The van der Waals surface area contributed by atoms with Crippen molar-refractivity contribution in [3.05, 3.63) is 29.3 Å². The molecule has 0 atom stereocenters. The lowest BCUT2D eigenvalue weighted by molar-refractivity contribution is 0.860. The van der Waals surface area contributed by atoms with E-state index in [9.17, 15) is 0 Å². The molecule has 12 heavy (non-hydrogen) atoms. The largest absolute Gasteiger partial charge is 0.321 e. The zero-order valence-corrected chi connectivity index (χ0v) is 7.94. The molecule has 2 N–H and O–H groups in total. The summed E-state index contributed by atoms with van der Waals surface area (Å²) in [5.74, 6) is 0. The molecule has 66 valence electrons. The maximum atomic E-state index is 3.09. The van der Waals surface area contributed by atoms with Gasteiger partial charge in [0.05, 0.1) is 5.69 Å². The maximum absolute atomic E-state index is 3.09. The molecule has 1 aromatic rings. The average Bonchev–Trinajstić information content (AvgIpc) is 2.54. The van der Waals surface area contributed by atoms with Crippen LogP contribution in [0.2, 0.25) is 0 Å². The quantitative estimate of drug-likeness (QED) is 0.615. The first-order valence-electron chi connectivity index (χ1n) is 4.45. The number of benzene rings is 1. The van der Waals surface area contributed by atoms with Crippen LogP contribution in [0.25, 0.3) is 0 Å². The number of hydrogen-bond acceptors (Lipinski definition) is 2. The number of hydrogen-bond donors (Lipinski definition) is 2. The Morgan fingerprint density at radius 1 is 1.25 bits per heavy atom. The highest BCUT2D eigenvalue weighted by Crippen LogP contribution is 2.19. The van der Waals surface area contributed by atoms with Gasteiger partial charge in [-0.3, -0.25) is 0 Å². The summed E-state index contributed by atoms with van der Waals surface area (Å²) in [6.07, 6.45) is 0. The van der Waals surface area contributed by atoms with E-state index < -0.39 is 0 Å². The average molecular weight is 164 g/mol. The van der Waals surface area contributed by atoms with Gasteiger partial charge in [0, 0.05) is 6.54 Å². The molecular weight excluding hydrogens is 148 g/mol. The number of rotatable bonds is 0. The van der Waals surface area contributed by atoms with Gasteiger partial charge in [-0.15, -0.1) is 0 Å². The minimum absolute atomic E-state index is 0.940. The van der Waals surface area contributed by atoms with Crippen LogP contribution in [0.5, 0.6) is 0 Å². The summed E-state index contributed by atoms with van der Waals surface area (Å²) >= 11 is 0. The molecule has 2 nitrogen and oxygen atoms in total. The zero-order valence-electron chi connectivity index (χ0n) is 7.94. The second-order valence-corrected chi connectivity index (χ2v) is 2.64. The van der Waals surface area contributed by atoms with Crippen molar-refractivity contribution in [2.75, 3.05) is 5.43 Å². The molecule has 0 fully saturated rings. The first-order chi connectivity index (χ1) is 5.86. The minimum Gasteiger partial charge on any atom is -0.321 e. The number of aryl methyl sites for hydroxylation is 1. The van der Waals surface area contributed by atoms with Crippen molar-refractivity contribution in [2.45, 2.75) is 27.3 Å². The van der Waals surface area contributed by atoms with Crippen LogP contribution in [0.3, 0.4) is 0 Å². The van der Waals surface area contributed by atoms with E-state index in [0.29, 0.717) is 0 Å². The highest BCUT2D eigenvalue weighted by molar-refractivity contribution is 5.55. The number of anilines is 1. The maximum Gasteiger partial charge on any atom is 0.0536 e. The third-order valence-corrected chi connectivity index (χ3v) is 1.77. The molecule has 0 bridgehead atoms. The van der Waals surface area contributed by atoms with E-state index in [2.05, 4.69) is 36.0 Å². The second-order valence-electron chi connectivity index (χ2n) is 2.64. The standard InChI is InChI=1S/C8H10N2.C2H6/c1-6-2-3-7-5-9-10-8(7)4-6;1-2/h2-4,9-10H,5H2,1H3;1-2H3. The van der Waals surface area contributed by atoms with Crippen molar-refractivity contribution in [1.29, 1.82) is 0 Å². The smallest absolute Gasteiger partial charge is 0.0536 e. The van der Waals surface area contributed by atoms with Gasteiger partial charge < -0.3 is 5.43 Å². The highest BCUT2D eigenvalue weighted by Gasteiger charge is 2.06. The molecule has 0 unspecified atom stereocenters. The summed E-state index contributed by atoms with van der Waals surface area (Å²) in [5, 5.41) is 0. The third-order valence-electron chi connectivity index (χ3n) is 1.77. The van der Waals surface area contributed by atoms with Crippen LogP contribution < -0.4 is 10.9 Å². The lowest BCUT2D eigenvalue weighted by Gasteiger charge is -1.97. The topological polar surface area (TPSA) is 24.1 Å². The van der Waals surface area contributed by atoms with Crippen molar-refractivity contribution in [3.8, 4) is 0 Å². The number of fused-ring (bicyclic) bond motifs is 1. The Kier molecular flexibility index (Phi) is 3.11. The Bertz CT molecular complexity index is 256. The Hall–Kier alpha value is -1.02. The molecule has 1 heterocycles.